The van der Waals surface area contributed by atoms with Crippen molar-refractivity contribution in [3.63, 3.8) is 0 Å². The zero-order valence-electron chi connectivity index (χ0n) is 28.6. The Morgan fingerprint density at radius 3 is 1.80 bits per heavy atom. The summed E-state index contributed by atoms with van der Waals surface area (Å²) in [6.07, 6.45) is 0. The number of fused-ring (bicyclic) bond motifs is 10. The van der Waals surface area contributed by atoms with Crippen molar-refractivity contribution in [2.45, 2.75) is 45.4 Å². The van der Waals surface area contributed by atoms with E-state index in [0.717, 1.165) is 39.0 Å². The zero-order chi connectivity index (χ0) is 33.2. The number of anilines is 3. The molecule has 2 aliphatic rings. The van der Waals surface area contributed by atoms with Crippen LogP contribution in [-0.4, -0.2) is 0 Å². The highest BCUT2D eigenvalue weighted by Gasteiger charge is 2.42. The highest BCUT2D eigenvalue weighted by molar-refractivity contribution is 6.10. The molecule has 7 aromatic carbocycles. The van der Waals surface area contributed by atoms with Crippen LogP contribution in [0.15, 0.2) is 138 Å². The molecule has 0 bridgehead atoms. The standard InChI is InChI=1S/C47H37NO/c1-28-17-19-31(20-18-28)48(43-15-10-14-35-34-13-8-9-16-44(34)49-45(35)43)32-21-22-33-37-26-42-38(27-41(37)47(4,5)40(33)25-32)36-23-29-11-6-7-12-30(29)24-39(36)46(42,2)3/h6-27H,1-5H3. The van der Waals surface area contributed by atoms with Crippen LogP contribution in [0.5, 0.6) is 0 Å². The van der Waals surface area contributed by atoms with Crippen LogP contribution in [0.2, 0.25) is 0 Å². The number of hydrogen-bond donors (Lipinski definition) is 0. The van der Waals surface area contributed by atoms with Crippen molar-refractivity contribution < 1.29 is 4.42 Å². The highest BCUT2D eigenvalue weighted by Crippen LogP contribution is 2.57. The van der Waals surface area contributed by atoms with Gasteiger partial charge in [0.2, 0.25) is 0 Å². The van der Waals surface area contributed by atoms with Crippen LogP contribution in [0, 0.1) is 6.92 Å². The number of aryl methyl sites for hydroxylation is 1. The molecule has 0 amide bonds. The summed E-state index contributed by atoms with van der Waals surface area (Å²) in [5.41, 5.74) is 17.1. The third-order valence-electron chi connectivity index (χ3n) is 11.5. The Kier molecular flexibility index (Phi) is 5.65. The maximum absolute atomic E-state index is 6.59. The van der Waals surface area contributed by atoms with Crippen LogP contribution in [0.3, 0.4) is 0 Å². The minimum absolute atomic E-state index is 0.0793. The van der Waals surface area contributed by atoms with Gasteiger partial charge in [-0.3, -0.25) is 0 Å². The van der Waals surface area contributed by atoms with Gasteiger partial charge in [0.1, 0.15) is 5.58 Å². The van der Waals surface area contributed by atoms with Gasteiger partial charge in [0.05, 0.1) is 5.69 Å². The number of rotatable bonds is 3. The van der Waals surface area contributed by atoms with E-state index in [-0.39, 0.29) is 10.8 Å². The third-order valence-corrected chi connectivity index (χ3v) is 11.5. The molecule has 2 aliphatic carbocycles. The van der Waals surface area contributed by atoms with E-state index in [1.165, 1.54) is 60.8 Å². The van der Waals surface area contributed by atoms with E-state index in [1.807, 2.05) is 6.07 Å². The maximum atomic E-state index is 6.59. The molecule has 236 valence electrons. The van der Waals surface area contributed by atoms with Gasteiger partial charge < -0.3 is 9.32 Å². The van der Waals surface area contributed by atoms with E-state index in [1.54, 1.807) is 0 Å². The van der Waals surface area contributed by atoms with Gasteiger partial charge in [-0.15, -0.1) is 0 Å². The average molecular weight is 632 g/mol. The van der Waals surface area contributed by atoms with E-state index < -0.39 is 0 Å². The number of hydrogen-bond acceptors (Lipinski definition) is 2. The Labute approximate surface area is 287 Å². The number of nitrogens with zero attached hydrogens (tertiary/aromatic N) is 1. The minimum Gasteiger partial charge on any atom is -0.454 e. The summed E-state index contributed by atoms with van der Waals surface area (Å²) in [4.78, 5) is 2.37. The van der Waals surface area contributed by atoms with Crippen LogP contribution in [0.25, 0.3) is 55.0 Å². The molecule has 2 nitrogen and oxygen atoms in total. The summed E-state index contributed by atoms with van der Waals surface area (Å²) in [5, 5.41) is 4.88. The van der Waals surface area contributed by atoms with Crippen LogP contribution >= 0.6 is 0 Å². The van der Waals surface area contributed by atoms with Gasteiger partial charge in [0.25, 0.3) is 0 Å². The molecule has 1 aromatic heterocycles. The van der Waals surface area contributed by atoms with E-state index >= 15 is 0 Å². The normalized spacial score (nSPS) is 15.0. The summed E-state index contributed by atoms with van der Waals surface area (Å²) >= 11 is 0. The molecule has 0 saturated heterocycles. The van der Waals surface area contributed by atoms with Crippen LogP contribution < -0.4 is 4.90 Å². The summed E-state index contributed by atoms with van der Waals surface area (Å²) in [7, 11) is 0. The second kappa shape index (κ2) is 9.74. The molecule has 0 N–H and O–H groups in total. The fraction of sp³-hybridized carbons (Fsp3) is 0.149. The van der Waals surface area contributed by atoms with Crippen molar-refractivity contribution in [1.29, 1.82) is 0 Å². The van der Waals surface area contributed by atoms with E-state index in [4.69, 9.17) is 4.42 Å². The summed E-state index contributed by atoms with van der Waals surface area (Å²) in [6.45, 7) is 11.7. The van der Waals surface area contributed by atoms with Crippen molar-refractivity contribution in [3.8, 4) is 22.3 Å². The topological polar surface area (TPSA) is 16.4 Å². The molecule has 8 aromatic rings. The Morgan fingerprint density at radius 2 is 1.04 bits per heavy atom. The van der Waals surface area contributed by atoms with Crippen molar-refractivity contribution in [2.75, 3.05) is 4.90 Å². The molecule has 0 radical (unpaired) electrons. The Hall–Kier alpha value is -5.60. The lowest BCUT2D eigenvalue weighted by molar-refractivity contribution is 0.652. The van der Waals surface area contributed by atoms with E-state index in [0.29, 0.717) is 0 Å². The molecular weight excluding hydrogens is 595 g/mol. The summed E-state index contributed by atoms with van der Waals surface area (Å²) in [5.74, 6) is 0. The van der Waals surface area contributed by atoms with Gasteiger partial charge in [0, 0.05) is 33.0 Å². The Bertz CT molecular complexity index is 2670. The Morgan fingerprint density at radius 1 is 0.469 bits per heavy atom. The van der Waals surface area contributed by atoms with Crippen molar-refractivity contribution >= 4 is 49.8 Å². The molecular formula is C47H37NO. The summed E-state index contributed by atoms with van der Waals surface area (Å²) in [6, 6.07) is 49.4. The van der Waals surface area contributed by atoms with Crippen molar-refractivity contribution in [2.24, 2.45) is 0 Å². The first-order valence-electron chi connectivity index (χ1n) is 17.3. The van der Waals surface area contributed by atoms with E-state index in [9.17, 15) is 0 Å². The quantitative estimate of drug-likeness (QED) is 0.193. The van der Waals surface area contributed by atoms with Gasteiger partial charge in [-0.2, -0.15) is 0 Å². The number of benzene rings is 7. The van der Waals surface area contributed by atoms with Gasteiger partial charge >= 0.3 is 0 Å². The molecule has 0 aliphatic heterocycles. The summed E-state index contributed by atoms with van der Waals surface area (Å²) < 4.78 is 6.59. The fourth-order valence-electron chi connectivity index (χ4n) is 8.80. The minimum atomic E-state index is -0.177. The molecule has 2 heteroatoms. The fourth-order valence-corrected chi connectivity index (χ4v) is 8.80. The Balaban J connectivity index is 1.16. The third kappa shape index (κ3) is 3.89. The molecule has 0 spiro atoms. The first-order chi connectivity index (χ1) is 23.7. The molecule has 0 atom stereocenters. The lowest BCUT2D eigenvalue weighted by Gasteiger charge is -2.28. The second-order valence-electron chi connectivity index (χ2n) is 15.1. The molecule has 10 rings (SSSR count). The van der Waals surface area contributed by atoms with Gasteiger partial charge in [-0.25, -0.2) is 0 Å². The van der Waals surface area contributed by atoms with E-state index in [2.05, 4.69) is 167 Å². The SMILES string of the molecule is Cc1ccc(N(c2ccc3c(c2)C(C)(C)c2cc4c(cc2-3)C(C)(C)c2cc3ccccc3cc2-4)c2cccc3c2oc2ccccc23)cc1. The molecule has 0 saturated carbocycles. The van der Waals surface area contributed by atoms with Crippen molar-refractivity contribution in [1.82, 2.24) is 0 Å². The smallest absolute Gasteiger partial charge is 0.159 e. The molecule has 0 unspecified atom stereocenters. The van der Waals surface area contributed by atoms with Gasteiger partial charge in [-0.1, -0.05) is 106 Å². The second-order valence-corrected chi connectivity index (χ2v) is 15.1. The highest BCUT2D eigenvalue weighted by atomic mass is 16.3. The average Bonchev–Trinajstić information content (AvgIpc) is 3.68. The van der Waals surface area contributed by atoms with Gasteiger partial charge in [0.15, 0.2) is 5.58 Å². The predicted octanol–water partition coefficient (Wildman–Crippen LogP) is 13.1. The predicted molar refractivity (Wildman–Crippen MR) is 206 cm³/mol. The zero-order valence-corrected chi connectivity index (χ0v) is 28.6. The largest absolute Gasteiger partial charge is 0.454 e. The van der Waals surface area contributed by atoms with Gasteiger partial charge in [-0.05, 0) is 123 Å². The lowest BCUT2D eigenvalue weighted by Crippen LogP contribution is -2.17. The monoisotopic (exact) mass is 631 g/mol. The molecule has 49 heavy (non-hydrogen) atoms. The number of para-hydroxylation sites is 2. The van der Waals surface area contributed by atoms with Crippen LogP contribution in [-0.2, 0) is 10.8 Å². The first-order valence-corrected chi connectivity index (χ1v) is 17.3. The van der Waals surface area contributed by atoms with Crippen molar-refractivity contribution in [3.05, 3.63) is 161 Å². The molecule has 1 heterocycles. The van der Waals surface area contributed by atoms with Crippen LogP contribution in [0.1, 0.15) is 55.5 Å². The lowest BCUT2D eigenvalue weighted by atomic mass is 9.79. The first kappa shape index (κ1) is 28.4. The van der Waals surface area contributed by atoms with Crippen LogP contribution in [0.4, 0.5) is 17.1 Å². The maximum Gasteiger partial charge on any atom is 0.159 e. The molecule has 0 fully saturated rings. The number of furan rings is 1.